The predicted octanol–water partition coefficient (Wildman–Crippen LogP) is 4.39. The molecule has 0 saturated heterocycles. The van der Waals surface area contributed by atoms with E-state index < -0.39 is 0 Å². The number of nitrogens with one attached hydrogen (secondary N) is 1. The van der Waals surface area contributed by atoms with Crippen LogP contribution in [-0.4, -0.2) is 6.04 Å². The Bertz CT molecular complexity index is 391. The van der Waals surface area contributed by atoms with Crippen molar-refractivity contribution in [1.29, 1.82) is 0 Å². The minimum atomic E-state index is 0.618. The highest BCUT2D eigenvalue weighted by Gasteiger charge is 2.18. The van der Waals surface area contributed by atoms with Crippen molar-refractivity contribution < 1.29 is 0 Å². The minimum absolute atomic E-state index is 0.618. The maximum atomic E-state index is 4.19. The van der Waals surface area contributed by atoms with Gasteiger partial charge in [0.2, 0.25) is 0 Å². The van der Waals surface area contributed by atoms with Crippen LogP contribution in [0.15, 0.2) is 30.8 Å². The fourth-order valence-electron chi connectivity index (χ4n) is 2.84. The van der Waals surface area contributed by atoms with Gasteiger partial charge >= 0.3 is 0 Å². The smallest absolute Gasteiger partial charge is 0.0342 e. The van der Waals surface area contributed by atoms with Gasteiger partial charge in [-0.2, -0.15) is 0 Å². The van der Waals surface area contributed by atoms with E-state index in [0.29, 0.717) is 6.04 Å². The van der Waals surface area contributed by atoms with Gasteiger partial charge in [-0.15, -0.1) is 0 Å². The molecule has 18 heavy (non-hydrogen) atoms. The van der Waals surface area contributed by atoms with Crippen molar-refractivity contribution in [3.05, 3.63) is 42.0 Å². The lowest BCUT2D eigenvalue weighted by Crippen LogP contribution is -2.32. The number of aryl methyl sites for hydroxylation is 1. The van der Waals surface area contributed by atoms with E-state index in [-0.39, 0.29) is 0 Å². The monoisotopic (exact) mass is 243 g/mol. The summed E-state index contributed by atoms with van der Waals surface area (Å²) in [5.74, 6) is 0.853. The standard InChI is InChI=1S/C17H25N/c1-4-15-8-10-16(11-9-15)14(3)18-17-7-5-6-13(2)12-17/h8-11,13,17-18H,3-7,12H2,1-2H3/t13-,17+/m0/s1. The lowest BCUT2D eigenvalue weighted by atomic mass is 9.87. The molecule has 1 aromatic carbocycles. The Morgan fingerprint density at radius 3 is 2.61 bits per heavy atom. The van der Waals surface area contributed by atoms with Crippen LogP contribution in [0, 0.1) is 5.92 Å². The van der Waals surface area contributed by atoms with E-state index in [1.165, 1.54) is 36.8 Å². The molecular formula is C17H25N. The first-order chi connectivity index (χ1) is 8.69. The van der Waals surface area contributed by atoms with Crippen LogP contribution in [-0.2, 0) is 6.42 Å². The average Bonchev–Trinajstić information content (AvgIpc) is 2.39. The zero-order chi connectivity index (χ0) is 13.0. The molecule has 0 heterocycles. The van der Waals surface area contributed by atoms with Gasteiger partial charge in [-0.25, -0.2) is 0 Å². The van der Waals surface area contributed by atoms with Crippen LogP contribution >= 0.6 is 0 Å². The molecule has 1 N–H and O–H groups in total. The van der Waals surface area contributed by atoms with Gasteiger partial charge in [0.15, 0.2) is 0 Å². The molecular weight excluding hydrogens is 218 g/mol. The van der Waals surface area contributed by atoms with Gasteiger partial charge in [0.25, 0.3) is 0 Å². The van der Waals surface area contributed by atoms with Crippen LogP contribution in [0.4, 0.5) is 0 Å². The lowest BCUT2D eigenvalue weighted by Gasteiger charge is -2.29. The van der Waals surface area contributed by atoms with E-state index in [1.54, 1.807) is 0 Å². The summed E-state index contributed by atoms with van der Waals surface area (Å²) in [7, 11) is 0. The van der Waals surface area contributed by atoms with Crippen molar-refractivity contribution in [2.24, 2.45) is 5.92 Å². The zero-order valence-corrected chi connectivity index (χ0v) is 11.7. The summed E-state index contributed by atoms with van der Waals surface area (Å²) in [4.78, 5) is 0. The van der Waals surface area contributed by atoms with E-state index in [4.69, 9.17) is 0 Å². The van der Waals surface area contributed by atoms with Crippen molar-refractivity contribution >= 4 is 5.70 Å². The van der Waals surface area contributed by atoms with Gasteiger partial charge in [0, 0.05) is 11.7 Å². The van der Waals surface area contributed by atoms with Gasteiger partial charge in [-0.1, -0.05) is 57.5 Å². The van der Waals surface area contributed by atoms with Crippen molar-refractivity contribution in [2.45, 2.75) is 52.0 Å². The van der Waals surface area contributed by atoms with Crippen LogP contribution in [0.3, 0.4) is 0 Å². The van der Waals surface area contributed by atoms with Gasteiger partial charge < -0.3 is 5.32 Å². The van der Waals surface area contributed by atoms with Gasteiger partial charge in [-0.3, -0.25) is 0 Å². The summed E-state index contributed by atoms with van der Waals surface area (Å²) in [6.45, 7) is 8.73. The fraction of sp³-hybridized carbons (Fsp3) is 0.529. The Balaban J connectivity index is 1.94. The summed E-state index contributed by atoms with van der Waals surface area (Å²) in [6, 6.07) is 9.38. The van der Waals surface area contributed by atoms with Crippen LogP contribution < -0.4 is 5.32 Å². The second-order valence-electron chi connectivity index (χ2n) is 5.64. The fourth-order valence-corrected chi connectivity index (χ4v) is 2.84. The SMILES string of the molecule is C=C(N[C@@H]1CCC[C@H](C)C1)c1ccc(CC)cc1. The van der Waals surface area contributed by atoms with Crippen molar-refractivity contribution in [3.8, 4) is 0 Å². The minimum Gasteiger partial charge on any atom is -0.382 e. The number of rotatable bonds is 4. The molecule has 0 amide bonds. The van der Waals surface area contributed by atoms with Crippen LogP contribution in [0.2, 0.25) is 0 Å². The normalized spacial score (nSPS) is 23.7. The van der Waals surface area contributed by atoms with Crippen LogP contribution in [0.25, 0.3) is 5.70 Å². The number of hydrogen-bond acceptors (Lipinski definition) is 1. The van der Waals surface area contributed by atoms with E-state index in [9.17, 15) is 0 Å². The van der Waals surface area contributed by atoms with Crippen LogP contribution in [0.5, 0.6) is 0 Å². The molecule has 0 unspecified atom stereocenters. The molecule has 0 spiro atoms. The Hall–Kier alpha value is -1.24. The Morgan fingerprint density at radius 2 is 2.00 bits per heavy atom. The van der Waals surface area contributed by atoms with Crippen molar-refractivity contribution in [2.75, 3.05) is 0 Å². The molecule has 0 radical (unpaired) electrons. The van der Waals surface area contributed by atoms with Gasteiger partial charge in [0.1, 0.15) is 0 Å². The Labute approximate surface area is 111 Å². The van der Waals surface area contributed by atoms with Crippen LogP contribution in [0.1, 0.15) is 50.7 Å². The van der Waals surface area contributed by atoms with Crippen molar-refractivity contribution in [3.63, 3.8) is 0 Å². The molecule has 1 saturated carbocycles. The third-order valence-corrected chi connectivity index (χ3v) is 4.03. The molecule has 2 atom stereocenters. The Morgan fingerprint density at radius 1 is 1.28 bits per heavy atom. The summed E-state index contributed by atoms with van der Waals surface area (Å²) >= 11 is 0. The summed E-state index contributed by atoms with van der Waals surface area (Å²) in [5.41, 5.74) is 3.69. The van der Waals surface area contributed by atoms with E-state index >= 15 is 0 Å². The van der Waals surface area contributed by atoms with E-state index in [0.717, 1.165) is 18.0 Å². The molecule has 0 bridgehead atoms. The first kappa shape index (κ1) is 13.2. The molecule has 1 aromatic rings. The Kier molecular flexibility index (Phi) is 4.46. The molecule has 1 heteroatoms. The highest BCUT2D eigenvalue weighted by molar-refractivity contribution is 5.62. The lowest BCUT2D eigenvalue weighted by molar-refractivity contribution is 0.323. The number of hydrogen-bond donors (Lipinski definition) is 1. The maximum absolute atomic E-state index is 4.19. The molecule has 98 valence electrons. The van der Waals surface area contributed by atoms with E-state index in [1.807, 2.05) is 0 Å². The third-order valence-electron chi connectivity index (χ3n) is 4.03. The van der Waals surface area contributed by atoms with Gasteiger partial charge in [0.05, 0.1) is 0 Å². The first-order valence-corrected chi connectivity index (χ1v) is 7.23. The average molecular weight is 243 g/mol. The molecule has 1 aliphatic carbocycles. The largest absolute Gasteiger partial charge is 0.382 e. The van der Waals surface area contributed by atoms with Gasteiger partial charge in [-0.05, 0) is 36.3 Å². The highest BCUT2D eigenvalue weighted by Crippen LogP contribution is 2.25. The maximum Gasteiger partial charge on any atom is 0.0342 e. The highest BCUT2D eigenvalue weighted by atomic mass is 14.9. The summed E-state index contributed by atoms with van der Waals surface area (Å²) < 4.78 is 0. The molecule has 1 nitrogen and oxygen atoms in total. The first-order valence-electron chi connectivity index (χ1n) is 7.23. The van der Waals surface area contributed by atoms with E-state index in [2.05, 4.69) is 50.0 Å². The molecule has 0 aliphatic heterocycles. The predicted molar refractivity (Wildman–Crippen MR) is 79.4 cm³/mol. The summed E-state index contributed by atoms with van der Waals surface area (Å²) in [5, 5.41) is 3.61. The summed E-state index contributed by atoms with van der Waals surface area (Å²) in [6.07, 6.45) is 6.40. The third kappa shape index (κ3) is 3.38. The number of benzene rings is 1. The quantitative estimate of drug-likeness (QED) is 0.827. The van der Waals surface area contributed by atoms with Crippen molar-refractivity contribution in [1.82, 2.24) is 5.32 Å². The second-order valence-corrected chi connectivity index (χ2v) is 5.64. The molecule has 0 aromatic heterocycles. The molecule has 2 rings (SSSR count). The molecule has 1 aliphatic rings. The zero-order valence-electron chi connectivity index (χ0n) is 11.7. The topological polar surface area (TPSA) is 12.0 Å². The molecule has 1 fully saturated rings. The second kappa shape index (κ2) is 6.08.